The second-order valence-electron chi connectivity index (χ2n) is 2.78. The Morgan fingerprint density at radius 3 is 2.64 bits per heavy atom. The van der Waals surface area contributed by atoms with Crippen molar-refractivity contribution in [2.45, 2.75) is 12.3 Å². The van der Waals surface area contributed by atoms with E-state index >= 15 is 0 Å². The van der Waals surface area contributed by atoms with E-state index in [-0.39, 0.29) is 10.0 Å². The highest BCUT2D eigenvalue weighted by molar-refractivity contribution is 9.10. The standard InChI is InChI=1S/C9H7Br2FO2/c1-4-2-6(11)7(9(13)14)8(12)5(4)3-10/h2H,3H2,1H3,(H,13,14). The Labute approximate surface area is 97.4 Å². The van der Waals surface area contributed by atoms with Crippen molar-refractivity contribution in [3.05, 3.63) is 33.0 Å². The zero-order valence-corrected chi connectivity index (χ0v) is 10.4. The molecule has 0 fully saturated rings. The van der Waals surface area contributed by atoms with Crippen LogP contribution in [0.4, 0.5) is 4.39 Å². The molecule has 0 amide bonds. The summed E-state index contributed by atoms with van der Waals surface area (Å²) in [4.78, 5) is 10.7. The van der Waals surface area contributed by atoms with E-state index in [0.29, 0.717) is 10.9 Å². The van der Waals surface area contributed by atoms with Crippen molar-refractivity contribution >= 4 is 37.8 Å². The minimum atomic E-state index is -1.27. The molecule has 0 aliphatic rings. The van der Waals surface area contributed by atoms with Crippen molar-refractivity contribution in [3.8, 4) is 0 Å². The van der Waals surface area contributed by atoms with E-state index in [1.807, 2.05) is 0 Å². The fourth-order valence-corrected chi connectivity index (χ4v) is 2.51. The lowest BCUT2D eigenvalue weighted by Crippen LogP contribution is -2.06. The molecule has 1 aromatic carbocycles. The highest BCUT2D eigenvalue weighted by Gasteiger charge is 2.19. The van der Waals surface area contributed by atoms with Gasteiger partial charge in [-0.15, -0.1) is 0 Å². The molecule has 0 bridgehead atoms. The number of aryl methyl sites for hydroxylation is 1. The molecule has 0 saturated carbocycles. The zero-order valence-electron chi connectivity index (χ0n) is 7.27. The summed E-state index contributed by atoms with van der Waals surface area (Å²) >= 11 is 6.14. The van der Waals surface area contributed by atoms with E-state index in [9.17, 15) is 9.18 Å². The molecule has 0 aliphatic heterocycles. The van der Waals surface area contributed by atoms with Gasteiger partial charge in [-0.3, -0.25) is 0 Å². The number of carboxylic acids is 1. The lowest BCUT2D eigenvalue weighted by molar-refractivity contribution is 0.0690. The van der Waals surface area contributed by atoms with Gasteiger partial charge in [0.25, 0.3) is 0 Å². The number of carboxylic acid groups (broad SMARTS) is 1. The fraction of sp³-hybridized carbons (Fsp3) is 0.222. The summed E-state index contributed by atoms with van der Waals surface area (Å²) < 4.78 is 13.9. The molecular formula is C9H7Br2FO2. The summed E-state index contributed by atoms with van der Waals surface area (Å²) in [7, 11) is 0. The molecule has 5 heteroatoms. The van der Waals surface area contributed by atoms with Crippen LogP contribution >= 0.6 is 31.9 Å². The number of aromatic carboxylic acids is 1. The number of hydrogen-bond acceptors (Lipinski definition) is 1. The Bertz CT molecular complexity index is 391. The summed E-state index contributed by atoms with van der Waals surface area (Å²) in [5, 5.41) is 9.08. The second-order valence-corrected chi connectivity index (χ2v) is 4.20. The van der Waals surface area contributed by atoms with Crippen molar-refractivity contribution in [2.75, 3.05) is 0 Å². The molecule has 14 heavy (non-hydrogen) atoms. The first kappa shape index (κ1) is 11.7. The number of benzene rings is 1. The van der Waals surface area contributed by atoms with Gasteiger partial charge in [-0.25, -0.2) is 9.18 Å². The first-order valence-electron chi connectivity index (χ1n) is 3.75. The van der Waals surface area contributed by atoms with Crippen molar-refractivity contribution in [3.63, 3.8) is 0 Å². The van der Waals surface area contributed by atoms with Gasteiger partial charge in [-0.1, -0.05) is 15.9 Å². The summed E-state index contributed by atoms with van der Waals surface area (Å²) in [5.41, 5.74) is 0.784. The van der Waals surface area contributed by atoms with E-state index in [1.54, 1.807) is 13.0 Å². The molecular weight excluding hydrogens is 319 g/mol. The molecule has 0 aromatic heterocycles. The maximum absolute atomic E-state index is 13.6. The Morgan fingerprint density at radius 2 is 2.21 bits per heavy atom. The molecule has 0 radical (unpaired) electrons. The third-order valence-electron chi connectivity index (χ3n) is 1.89. The van der Waals surface area contributed by atoms with Gasteiger partial charge < -0.3 is 5.11 Å². The van der Waals surface area contributed by atoms with Crippen LogP contribution in [0.1, 0.15) is 21.5 Å². The van der Waals surface area contributed by atoms with E-state index < -0.39 is 11.8 Å². The van der Waals surface area contributed by atoms with Crippen molar-refractivity contribution in [2.24, 2.45) is 0 Å². The van der Waals surface area contributed by atoms with Crippen LogP contribution in [-0.4, -0.2) is 11.1 Å². The predicted octanol–water partition coefficient (Wildman–Crippen LogP) is 3.49. The average molecular weight is 326 g/mol. The molecule has 0 heterocycles. The highest BCUT2D eigenvalue weighted by Crippen LogP contribution is 2.27. The van der Waals surface area contributed by atoms with E-state index in [0.717, 1.165) is 5.56 Å². The monoisotopic (exact) mass is 324 g/mol. The van der Waals surface area contributed by atoms with E-state index in [1.165, 1.54) is 0 Å². The molecule has 0 aliphatic carbocycles. The summed E-state index contributed by atoms with van der Waals surface area (Å²) in [6.45, 7) is 1.73. The van der Waals surface area contributed by atoms with Gasteiger partial charge in [-0.05, 0) is 34.5 Å². The van der Waals surface area contributed by atoms with Gasteiger partial charge in [0.2, 0.25) is 0 Å². The van der Waals surface area contributed by atoms with Crippen LogP contribution in [0.5, 0.6) is 0 Å². The van der Waals surface area contributed by atoms with Crippen LogP contribution in [0.25, 0.3) is 0 Å². The van der Waals surface area contributed by atoms with Gasteiger partial charge in [0.1, 0.15) is 11.4 Å². The largest absolute Gasteiger partial charge is 0.478 e. The molecule has 2 nitrogen and oxygen atoms in total. The number of carbonyl (C=O) groups is 1. The Hall–Kier alpha value is -0.420. The van der Waals surface area contributed by atoms with Crippen LogP contribution < -0.4 is 0 Å². The number of halogens is 3. The average Bonchev–Trinajstić information content (AvgIpc) is 2.02. The number of hydrogen-bond donors (Lipinski definition) is 1. The molecule has 0 spiro atoms. The van der Waals surface area contributed by atoms with Crippen LogP contribution in [-0.2, 0) is 5.33 Å². The SMILES string of the molecule is Cc1cc(Br)c(C(=O)O)c(F)c1CBr. The lowest BCUT2D eigenvalue weighted by Gasteiger charge is -2.08. The fourth-order valence-electron chi connectivity index (χ4n) is 1.14. The third-order valence-corrected chi connectivity index (χ3v) is 3.08. The Morgan fingerprint density at radius 1 is 1.64 bits per heavy atom. The summed E-state index contributed by atoms with van der Waals surface area (Å²) in [6.07, 6.45) is 0. The lowest BCUT2D eigenvalue weighted by atomic mass is 10.1. The van der Waals surface area contributed by atoms with E-state index in [2.05, 4.69) is 31.9 Å². The van der Waals surface area contributed by atoms with Crippen LogP contribution in [0.15, 0.2) is 10.5 Å². The minimum Gasteiger partial charge on any atom is -0.478 e. The maximum atomic E-state index is 13.6. The van der Waals surface area contributed by atoms with Gasteiger partial charge in [-0.2, -0.15) is 0 Å². The first-order valence-corrected chi connectivity index (χ1v) is 5.67. The summed E-state index contributed by atoms with van der Waals surface area (Å²) in [5.74, 6) is -1.95. The first-order chi connectivity index (χ1) is 6.49. The van der Waals surface area contributed by atoms with Gasteiger partial charge in [0, 0.05) is 15.4 Å². The van der Waals surface area contributed by atoms with Gasteiger partial charge >= 0.3 is 5.97 Å². The molecule has 1 aromatic rings. The third kappa shape index (κ3) is 1.98. The topological polar surface area (TPSA) is 37.3 Å². The molecule has 1 rings (SSSR count). The predicted molar refractivity (Wildman–Crippen MR) is 58.4 cm³/mol. The number of alkyl halides is 1. The Kier molecular flexibility index (Phi) is 3.66. The molecule has 76 valence electrons. The number of rotatable bonds is 2. The van der Waals surface area contributed by atoms with Crippen LogP contribution in [0, 0.1) is 12.7 Å². The molecule has 0 atom stereocenters. The van der Waals surface area contributed by atoms with Crippen molar-refractivity contribution in [1.82, 2.24) is 0 Å². The van der Waals surface area contributed by atoms with Crippen molar-refractivity contribution < 1.29 is 14.3 Å². The Balaban J connectivity index is 3.52. The van der Waals surface area contributed by atoms with E-state index in [4.69, 9.17) is 5.11 Å². The smallest absolute Gasteiger partial charge is 0.339 e. The molecule has 0 unspecified atom stereocenters. The molecule has 0 saturated heterocycles. The second kappa shape index (κ2) is 4.40. The van der Waals surface area contributed by atoms with Crippen molar-refractivity contribution in [1.29, 1.82) is 0 Å². The highest BCUT2D eigenvalue weighted by atomic mass is 79.9. The van der Waals surface area contributed by atoms with Crippen LogP contribution in [0.3, 0.4) is 0 Å². The van der Waals surface area contributed by atoms with Gasteiger partial charge in [0.15, 0.2) is 0 Å². The zero-order chi connectivity index (χ0) is 10.9. The minimum absolute atomic E-state index is 0.268. The van der Waals surface area contributed by atoms with Gasteiger partial charge in [0.05, 0.1) is 0 Å². The quantitative estimate of drug-likeness (QED) is 0.845. The molecule has 1 N–H and O–H groups in total. The summed E-state index contributed by atoms with van der Waals surface area (Å²) in [6, 6.07) is 1.60. The van der Waals surface area contributed by atoms with Crippen LogP contribution in [0.2, 0.25) is 0 Å². The maximum Gasteiger partial charge on any atom is 0.339 e. The normalized spacial score (nSPS) is 10.3.